The zero-order valence-electron chi connectivity index (χ0n) is 39.2. The third kappa shape index (κ3) is 5.31. The maximum atomic E-state index is 6.81. The summed E-state index contributed by atoms with van der Waals surface area (Å²) in [5.74, 6) is 0. The molecule has 0 atom stereocenters. The zero-order chi connectivity index (χ0) is 46.6. The van der Waals surface area contributed by atoms with Gasteiger partial charge in [0.15, 0.2) is 0 Å². The Morgan fingerprint density at radius 3 is 1.21 bits per heavy atom. The third-order valence-corrected chi connectivity index (χ3v) is 15.8. The minimum atomic E-state index is -0.329. The van der Waals surface area contributed by atoms with Crippen molar-refractivity contribution in [2.75, 3.05) is 4.90 Å². The van der Waals surface area contributed by atoms with Crippen molar-refractivity contribution in [3.63, 3.8) is 0 Å². The summed E-state index contributed by atoms with van der Waals surface area (Å²) < 4.78 is 20.0. The second kappa shape index (κ2) is 14.0. The molecule has 0 saturated carbocycles. The maximum absolute atomic E-state index is 6.81. The van der Waals surface area contributed by atoms with Crippen molar-refractivity contribution in [3.05, 3.63) is 222 Å². The van der Waals surface area contributed by atoms with Gasteiger partial charge in [0, 0.05) is 71.3 Å². The van der Waals surface area contributed by atoms with E-state index in [1.807, 2.05) is 6.07 Å². The summed E-state index contributed by atoms with van der Waals surface area (Å²) in [4.78, 5) is 2.45. The molecule has 70 heavy (non-hydrogen) atoms. The molecule has 4 heteroatoms. The summed E-state index contributed by atoms with van der Waals surface area (Å²) in [6, 6.07) is 72.4. The average molecular weight is 900 g/mol. The lowest BCUT2D eigenvalue weighted by Gasteiger charge is -2.30. The van der Waals surface area contributed by atoms with Gasteiger partial charge in [0.2, 0.25) is 0 Å². The molecule has 0 spiro atoms. The van der Waals surface area contributed by atoms with Gasteiger partial charge in [-0.05, 0) is 128 Å². The normalized spacial score (nSPS) is 14.2. The first-order valence-corrected chi connectivity index (χ1v) is 24.3. The Bertz CT molecular complexity index is 4130. The molecule has 0 N–H and O–H groups in total. The minimum Gasteiger partial charge on any atom is -0.456 e. The maximum Gasteiger partial charge on any atom is 0.143 e. The summed E-state index contributed by atoms with van der Waals surface area (Å²) in [5.41, 5.74) is 22.7. The van der Waals surface area contributed by atoms with Crippen molar-refractivity contribution >= 4 is 82.9 Å². The van der Waals surface area contributed by atoms with E-state index >= 15 is 0 Å². The summed E-state index contributed by atoms with van der Waals surface area (Å²) in [6.07, 6.45) is 0. The zero-order valence-corrected chi connectivity index (χ0v) is 39.2. The molecule has 10 aromatic carbocycles. The molecule has 0 unspecified atom stereocenters. The molecular weight excluding hydrogens is 855 g/mol. The van der Waals surface area contributed by atoms with Gasteiger partial charge in [0.05, 0.1) is 0 Å². The first-order valence-electron chi connectivity index (χ1n) is 24.3. The lowest BCUT2D eigenvalue weighted by atomic mass is 9.80. The molecule has 0 aliphatic heterocycles. The van der Waals surface area contributed by atoms with E-state index in [2.05, 4.69) is 227 Å². The van der Waals surface area contributed by atoms with Crippen molar-refractivity contribution < 1.29 is 13.3 Å². The predicted molar refractivity (Wildman–Crippen MR) is 289 cm³/mol. The van der Waals surface area contributed by atoms with Gasteiger partial charge in [-0.1, -0.05) is 155 Å². The molecule has 0 bridgehead atoms. The van der Waals surface area contributed by atoms with Gasteiger partial charge in [-0.15, -0.1) is 0 Å². The first-order chi connectivity index (χ1) is 34.2. The molecule has 0 radical (unpaired) electrons. The van der Waals surface area contributed by atoms with Gasteiger partial charge in [-0.25, -0.2) is 0 Å². The van der Waals surface area contributed by atoms with Gasteiger partial charge in [0.1, 0.15) is 33.5 Å². The highest BCUT2D eigenvalue weighted by Crippen LogP contribution is 2.59. The molecule has 332 valence electrons. The largest absolute Gasteiger partial charge is 0.456 e. The lowest BCUT2D eigenvalue weighted by Crippen LogP contribution is -2.18. The predicted octanol–water partition coefficient (Wildman–Crippen LogP) is 18.8. The van der Waals surface area contributed by atoms with Crippen molar-refractivity contribution in [1.82, 2.24) is 0 Å². The molecule has 0 amide bonds. The number of fused-ring (bicyclic) bond motifs is 17. The van der Waals surface area contributed by atoms with Crippen LogP contribution in [0.15, 0.2) is 213 Å². The van der Waals surface area contributed by atoms with Crippen molar-refractivity contribution in [2.45, 2.75) is 38.5 Å². The van der Waals surface area contributed by atoms with E-state index in [0.717, 1.165) is 94.4 Å². The van der Waals surface area contributed by atoms with Gasteiger partial charge in [0.25, 0.3) is 0 Å². The van der Waals surface area contributed by atoms with Gasteiger partial charge < -0.3 is 18.2 Å². The Hall–Kier alpha value is -8.60. The Kier molecular flexibility index (Phi) is 7.88. The molecule has 15 rings (SSSR count). The van der Waals surface area contributed by atoms with Crippen LogP contribution in [0, 0.1) is 0 Å². The van der Waals surface area contributed by atoms with Crippen LogP contribution in [0.1, 0.15) is 49.9 Å². The fourth-order valence-corrected chi connectivity index (χ4v) is 12.4. The Morgan fingerprint density at radius 1 is 0.314 bits per heavy atom. The summed E-state index contributed by atoms with van der Waals surface area (Å²) in [5, 5.41) is 6.82. The quantitative estimate of drug-likeness (QED) is 0.173. The number of rotatable bonds is 5. The van der Waals surface area contributed by atoms with E-state index in [1.165, 1.54) is 55.3 Å². The highest BCUT2D eigenvalue weighted by Gasteiger charge is 2.41. The summed E-state index contributed by atoms with van der Waals surface area (Å²) >= 11 is 0. The number of para-hydroxylation sites is 3. The SMILES string of the molecule is CC1(C)c2cc(N(c3ccc4c(c3)C(C)(C)c3cc(-c5ccccc5)c5oc6ccccc6c5c3-4)c3ccc4oc5ccccc5c4c3)ccc2-c2c1cc(-c1ccccc1)c1oc3ccccc3c21. The topological polar surface area (TPSA) is 42.7 Å². The van der Waals surface area contributed by atoms with Crippen LogP contribution < -0.4 is 4.90 Å². The second-order valence-electron chi connectivity index (χ2n) is 20.4. The Labute approximate surface area is 404 Å². The van der Waals surface area contributed by atoms with Gasteiger partial charge in [-0.3, -0.25) is 0 Å². The Morgan fingerprint density at radius 2 is 0.714 bits per heavy atom. The summed E-state index contributed by atoms with van der Waals surface area (Å²) in [6.45, 7) is 9.55. The van der Waals surface area contributed by atoms with Crippen LogP contribution in [-0.2, 0) is 10.8 Å². The standard InChI is InChI=1S/C66H45NO3/c1-65(2)51-34-41(27-30-44(51)59-53(65)36-48(38-17-7-5-8-18-38)63-61(59)46-22-12-15-25-56(46)69-63)67(40-29-32-58-50(33-40)43-21-11-14-24-55(43)68-58)42-28-31-45-52(35-42)66(3,4)54-37-49(39-19-9-6-10-20-39)64-62(60(45)54)47-23-13-16-26-57(47)70-64/h5-37H,1-4H3. The smallest absolute Gasteiger partial charge is 0.143 e. The minimum absolute atomic E-state index is 0.329. The third-order valence-electron chi connectivity index (χ3n) is 15.8. The monoisotopic (exact) mass is 899 g/mol. The fourth-order valence-electron chi connectivity index (χ4n) is 12.4. The first kappa shape index (κ1) is 39.4. The number of benzene rings is 10. The number of furan rings is 3. The fraction of sp³-hybridized carbons (Fsp3) is 0.0909. The van der Waals surface area contributed by atoms with Crippen LogP contribution >= 0.6 is 0 Å². The van der Waals surface area contributed by atoms with Crippen LogP contribution in [0.3, 0.4) is 0 Å². The molecule has 0 fully saturated rings. The lowest BCUT2D eigenvalue weighted by molar-refractivity contribution is 0.657. The average Bonchev–Trinajstić information content (AvgIpc) is 4.18. The van der Waals surface area contributed by atoms with Gasteiger partial charge in [-0.2, -0.15) is 0 Å². The highest BCUT2D eigenvalue weighted by molar-refractivity contribution is 6.20. The summed E-state index contributed by atoms with van der Waals surface area (Å²) in [7, 11) is 0. The molecule has 13 aromatic rings. The molecule has 3 heterocycles. The molecule has 4 nitrogen and oxygen atoms in total. The molecule has 2 aliphatic rings. The molecule has 0 saturated heterocycles. The molecular formula is C66H45NO3. The van der Waals surface area contributed by atoms with Gasteiger partial charge >= 0.3 is 0 Å². The number of hydrogen-bond acceptors (Lipinski definition) is 4. The van der Waals surface area contributed by atoms with Crippen LogP contribution in [0.2, 0.25) is 0 Å². The van der Waals surface area contributed by atoms with E-state index < -0.39 is 0 Å². The van der Waals surface area contributed by atoms with E-state index in [-0.39, 0.29) is 10.8 Å². The van der Waals surface area contributed by atoms with Crippen molar-refractivity contribution in [3.8, 4) is 44.5 Å². The second-order valence-corrected chi connectivity index (χ2v) is 20.4. The van der Waals surface area contributed by atoms with E-state index in [0.29, 0.717) is 0 Å². The van der Waals surface area contributed by atoms with Crippen LogP contribution in [0.25, 0.3) is 110 Å². The highest BCUT2D eigenvalue weighted by atomic mass is 16.3. The van der Waals surface area contributed by atoms with Crippen LogP contribution in [0.4, 0.5) is 17.1 Å². The molecule has 2 aliphatic carbocycles. The van der Waals surface area contributed by atoms with E-state index in [9.17, 15) is 0 Å². The number of nitrogens with zero attached hydrogens (tertiary/aromatic N) is 1. The van der Waals surface area contributed by atoms with E-state index in [4.69, 9.17) is 13.3 Å². The number of hydrogen-bond donors (Lipinski definition) is 0. The molecule has 3 aromatic heterocycles. The van der Waals surface area contributed by atoms with E-state index in [1.54, 1.807) is 0 Å². The number of anilines is 3. The van der Waals surface area contributed by atoms with Crippen LogP contribution in [0.5, 0.6) is 0 Å². The van der Waals surface area contributed by atoms with Crippen molar-refractivity contribution in [2.24, 2.45) is 0 Å². The van der Waals surface area contributed by atoms with Crippen LogP contribution in [-0.4, -0.2) is 0 Å². The van der Waals surface area contributed by atoms with Crippen molar-refractivity contribution in [1.29, 1.82) is 0 Å². The Balaban J connectivity index is 0.960.